The van der Waals surface area contributed by atoms with Gasteiger partial charge in [-0.15, -0.1) is 0 Å². The molecule has 3 atom stereocenters. The summed E-state index contributed by atoms with van der Waals surface area (Å²) in [5.74, 6) is -0.996. The van der Waals surface area contributed by atoms with E-state index in [1.807, 2.05) is 68.4 Å². The van der Waals surface area contributed by atoms with Gasteiger partial charge in [-0.1, -0.05) is 45.6 Å². The topological polar surface area (TPSA) is 130 Å². The zero-order chi connectivity index (χ0) is 45.3. The number of hydrogen-bond acceptors (Lipinski definition) is 10. The highest BCUT2D eigenvalue weighted by molar-refractivity contribution is 6.62. The van der Waals surface area contributed by atoms with E-state index >= 15 is 0 Å². The van der Waals surface area contributed by atoms with Gasteiger partial charge in [0.1, 0.15) is 11.2 Å². The van der Waals surface area contributed by atoms with E-state index in [1.54, 1.807) is 54.9 Å². The monoisotopic (exact) mass is 835 g/mol. The molecule has 2 aliphatic rings. The number of aliphatic imine (C=N–C) groups is 1. The smallest absolute Gasteiger partial charge is 0.464 e. The SMILES string of the molecule is C=C/C(=C(\N=C/C)[C@H](C)OC)c1c(CC(C)(C)COC(=O)[C@@H]2[C@@H](C)CCN(C(=O)OC(C)(C)C)N2C(=O)OC(C)(C)C)c2cc(B3OC(C)(C)C(C)(C)O3)ccc2n1CC. The molecule has 0 N–H and O–H groups in total. The number of methoxy groups -OCH3 is 1. The number of amides is 2. The number of aromatic nitrogens is 1. The van der Waals surface area contributed by atoms with Crippen LogP contribution in [-0.4, -0.2) is 101 Å². The molecule has 2 amide bonds. The van der Waals surface area contributed by atoms with Gasteiger partial charge in [0, 0.05) is 48.3 Å². The van der Waals surface area contributed by atoms with Crippen LogP contribution >= 0.6 is 0 Å². The van der Waals surface area contributed by atoms with Crippen molar-refractivity contribution in [1.82, 2.24) is 14.6 Å². The van der Waals surface area contributed by atoms with Crippen molar-refractivity contribution in [3.63, 3.8) is 0 Å². The van der Waals surface area contributed by atoms with Crippen molar-refractivity contribution in [2.24, 2.45) is 16.3 Å². The highest BCUT2D eigenvalue weighted by Gasteiger charge is 2.52. The molecule has 2 saturated heterocycles. The summed E-state index contributed by atoms with van der Waals surface area (Å²) in [4.78, 5) is 46.5. The minimum Gasteiger partial charge on any atom is -0.464 e. The van der Waals surface area contributed by atoms with Gasteiger partial charge in [-0.05, 0) is 126 Å². The Bertz CT molecular complexity index is 1970. The largest absolute Gasteiger partial charge is 0.494 e. The van der Waals surface area contributed by atoms with Crippen molar-refractivity contribution in [3.05, 3.63) is 47.8 Å². The summed E-state index contributed by atoms with van der Waals surface area (Å²) in [5.41, 5.74) is 1.95. The van der Waals surface area contributed by atoms with E-state index in [1.165, 1.54) is 5.01 Å². The fourth-order valence-electron chi connectivity index (χ4n) is 7.56. The summed E-state index contributed by atoms with van der Waals surface area (Å²) in [7, 11) is 1.08. The van der Waals surface area contributed by atoms with E-state index in [0.29, 0.717) is 19.4 Å². The summed E-state index contributed by atoms with van der Waals surface area (Å²) in [6, 6.07) is 5.16. The third-order valence-electron chi connectivity index (χ3n) is 11.3. The Morgan fingerprint density at radius 3 is 2.10 bits per heavy atom. The van der Waals surface area contributed by atoms with Gasteiger partial charge in [0.25, 0.3) is 0 Å². The lowest BCUT2D eigenvalue weighted by molar-refractivity contribution is -0.169. The molecule has 0 unspecified atom stereocenters. The molecule has 0 aliphatic carbocycles. The van der Waals surface area contributed by atoms with Crippen LogP contribution in [-0.2, 0) is 46.0 Å². The minimum absolute atomic E-state index is 0.000382. The second kappa shape index (κ2) is 18.1. The molecule has 0 radical (unpaired) electrons. The number of carbonyl (C=O) groups excluding carboxylic acids is 3. The van der Waals surface area contributed by atoms with E-state index in [2.05, 4.69) is 36.3 Å². The van der Waals surface area contributed by atoms with E-state index in [0.717, 1.165) is 43.9 Å². The van der Waals surface area contributed by atoms with Gasteiger partial charge in [-0.3, -0.25) is 4.99 Å². The van der Waals surface area contributed by atoms with Gasteiger partial charge >= 0.3 is 25.3 Å². The van der Waals surface area contributed by atoms with Gasteiger partial charge in [0.15, 0.2) is 6.04 Å². The lowest BCUT2D eigenvalue weighted by Crippen LogP contribution is -2.64. The molecule has 0 bridgehead atoms. The van der Waals surface area contributed by atoms with Crippen LogP contribution in [0.4, 0.5) is 9.59 Å². The van der Waals surface area contributed by atoms with Crippen LogP contribution in [0.1, 0.15) is 128 Å². The maximum absolute atomic E-state index is 14.4. The van der Waals surface area contributed by atoms with Crippen molar-refractivity contribution in [2.45, 2.75) is 165 Å². The van der Waals surface area contributed by atoms with E-state index in [4.69, 9.17) is 33.2 Å². The maximum atomic E-state index is 14.4. The molecule has 1 aromatic carbocycles. The van der Waals surface area contributed by atoms with Crippen molar-refractivity contribution in [1.29, 1.82) is 0 Å². The molecule has 0 saturated carbocycles. The van der Waals surface area contributed by atoms with Crippen LogP contribution in [0.5, 0.6) is 0 Å². The molecule has 4 rings (SSSR count). The van der Waals surface area contributed by atoms with Gasteiger partial charge in [0.2, 0.25) is 0 Å². The Morgan fingerprint density at radius 2 is 1.58 bits per heavy atom. The molecule has 14 heteroatoms. The summed E-state index contributed by atoms with van der Waals surface area (Å²) in [6.07, 6.45) is 2.55. The Hall–Kier alpha value is -4.14. The number of carbonyl (C=O) groups is 3. The van der Waals surface area contributed by atoms with Crippen LogP contribution in [0.15, 0.2) is 41.5 Å². The number of ether oxygens (including phenoxy) is 4. The number of allylic oxidation sites excluding steroid dienone is 2. The zero-order valence-corrected chi connectivity index (χ0v) is 39.4. The normalized spacial score (nSPS) is 20.6. The molecule has 3 heterocycles. The van der Waals surface area contributed by atoms with Crippen LogP contribution in [0, 0.1) is 11.3 Å². The number of esters is 1. The Labute approximate surface area is 358 Å². The Morgan fingerprint density at radius 1 is 1.00 bits per heavy atom. The van der Waals surface area contributed by atoms with Crippen LogP contribution < -0.4 is 5.46 Å². The number of fused-ring (bicyclic) bond motifs is 1. The van der Waals surface area contributed by atoms with E-state index in [9.17, 15) is 14.4 Å². The molecule has 2 aromatic rings. The minimum atomic E-state index is -1.14. The first-order valence-corrected chi connectivity index (χ1v) is 21.2. The predicted molar refractivity (Wildman–Crippen MR) is 238 cm³/mol. The van der Waals surface area contributed by atoms with Crippen LogP contribution in [0.25, 0.3) is 16.5 Å². The number of hydrogen-bond donors (Lipinski definition) is 0. The third-order valence-corrected chi connectivity index (χ3v) is 11.3. The van der Waals surface area contributed by atoms with Crippen LogP contribution in [0.3, 0.4) is 0 Å². The Kier molecular flexibility index (Phi) is 14.6. The van der Waals surface area contributed by atoms with E-state index in [-0.39, 0.29) is 25.2 Å². The maximum Gasteiger partial charge on any atom is 0.494 e. The lowest BCUT2D eigenvalue weighted by atomic mass is 9.77. The van der Waals surface area contributed by atoms with E-state index < -0.39 is 59.1 Å². The van der Waals surface area contributed by atoms with Crippen molar-refractivity contribution >= 4 is 53.4 Å². The van der Waals surface area contributed by atoms with Crippen molar-refractivity contribution in [3.8, 4) is 0 Å². The number of aryl methyl sites for hydroxylation is 1. The third kappa shape index (κ3) is 10.7. The average Bonchev–Trinajstić information content (AvgIpc) is 3.54. The molecular weight excluding hydrogens is 763 g/mol. The molecule has 2 fully saturated rings. The summed E-state index contributed by atoms with van der Waals surface area (Å²) < 4.78 is 38.7. The first-order chi connectivity index (χ1) is 27.6. The Balaban J connectivity index is 1.82. The van der Waals surface area contributed by atoms with Gasteiger partial charge in [0.05, 0.1) is 35.3 Å². The summed E-state index contributed by atoms with van der Waals surface area (Å²) in [6.45, 7) is 35.5. The molecule has 13 nitrogen and oxygen atoms in total. The summed E-state index contributed by atoms with van der Waals surface area (Å²) >= 11 is 0. The number of nitrogens with zero attached hydrogens (tertiary/aromatic N) is 4. The van der Waals surface area contributed by atoms with Crippen molar-refractivity contribution in [2.75, 3.05) is 20.3 Å². The molecular formula is C46H71BN4O9. The second-order valence-corrected chi connectivity index (χ2v) is 19.8. The number of rotatable bonds is 12. The second-order valence-electron chi connectivity index (χ2n) is 19.8. The zero-order valence-electron chi connectivity index (χ0n) is 39.4. The summed E-state index contributed by atoms with van der Waals surface area (Å²) in [5, 5.41) is 3.24. The first kappa shape index (κ1) is 48.5. The molecule has 1 aromatic heterocycles. The number of hydrazine groups is 1. The quantitative estimate of drug-likeness (QED) is 0.0677. The van der Waals surface area contributed by atoms with Crippen molar-refractivity contribution < 1.29 is 42.6 Å². The molecule has 60 heavy (non-hydrogen) atoms. The van der Waals surface area contributed by atoms with Crippen LogP contribution in [0.2, 0.25) is 0 Å². The lowest BCUT2D eigenvalue weighted by Gasteiger charge is -2.45. The fraction of sp³-hybridized carbons (Fsp3) is 0.652. The average molecular weight is 835 g/mol. The molecule has 0 spiro atoms. The fourth-order valence-corrected chi connectivity index (χ4v) is 7.56. The highest BCUT2D eigenvalue weighted by Crippen LogP contribution is 2.40. The molecule has 2 aliphatic heterocycles. The first-order valence-electron chi connectivity index (χ1n) is 21.2. The predicted octanol–water partition coefficient (Wildman–Crippen LogP) is 8.89. The van der Waals surface area contributed by atoms with Gasteiger partial charge in [-0.2, -0.15) is 5.01 Å². The van der Waals surface area contributed by atoms with Gasteiger partial charge in [-0.25, -0.2) is 19.4 Å². The molecule has 332 valence electrons. The highest BCUT2D eigenvalue weighted by atomic mass is 16.7. The number of benzene rings is 1. The standard InChI is InChI=1S/C46H71BN4O9/c1-19-32(36(48-20-2)30(5)55-18)38-34(33-26-31(22-23-35(33)49(38)21-3)47-59-45(14,15)46(16,17)60-47)27-44(12,13)28-56-39(52)37-29(4)24-25-50(40(53)57-42(6,7)8)51(37)41(54)58-43(9,10)11/h19-20,22-23,26,29-30,37H,1,21,24-25,27-28H2,2-18H3/b36-32+,48-20-/t29-,30-,37-/m0/s1. The van der Waals surface area contributed by atoms with Gasteiger partial charge < -0.3 is 32.8 Å².